The molecule has 0 spiro atoms. The highest BCUT2D eigenvalue weighted by molar-refractivity contribution is 5.42. The SMILES string of the molecule is Cc1cc(C)c(C2(C)CNCCCN2C)c(C)c1. The molecule has 1 heterocycles. The van der Waals surface area contributed by atoms with Gasteiger partial charge in [-0.15, -0.1) is 0 Å². The summed E-state index contributed by atoms with van der Waals surface area (Å²) in [5.41, 5.74) is 5.82. The van der Waals surface area contributed by atoms with Crippen LogP contribution >= 0.6 is 0 Å². The van der Waals surface area contributed by atoms with Gasteiger partial charge in [0.25, 0.3) is 0 Å². The molecule has 1 aliphatic rings. The van der Waals surface area contributed by atoms with Crippen LogP contribution in [0, 0.1) is 20.8 Å². The highest BCUT2D eigenvalue weighted by Crippen LogP contribution is 2.33. The van der Waals surface area contributed by atoms with E-state index in [9.17, 15) is 0 Å². The van der Waals surface area contributed by atoms with E-state index in [0.29, 0.717) is 0 Å². The third kappa shape index (κ3) is 2.32. The zero-order valence-corrected chi connectivity index (χ0v) is 12.4. The lowest BCUT2D eigenvalue weighted by atomic mass is 9.83. The number of likely N-dealkylation sites (N-methyl/N-ethyl adjacent to an activating group) is 1. The Morgan fingerprint density at radius 3 is 2.39 bits per heavy atom. The normalized spacial score (nSPS) is 26.1. The van der Waals surface area contributed by atoms with Crippen LogP contribution in [0.2, 0.25) is 0 Å². The molecule has 0 radical (unpaired) electrons. The van der Waals surface area contributed by atoms with Crippen LogP contribution < -0.4 is 5.32 Å². The van der Waals surface area contributed by atoms with Crippen molar-refractivity contribution in [2.45, 2.75) is 39.7 Å². The van der Waals surface area contributed by atoms with Crippen LogP contribution in [0.25, 0.3) is 0 Å². The van der Waals surface area contributed by atoms with E-state index < -0.39 is 0 Å². The van der Waals surface area contributed by atoms with Crippen molar-refractivity contribution >= 4 is 0 Å². The fraction of sp³-hybridized carbons (Fsp3) is 0.625. The van der Waals surface area contributed by atoms with Gasteiger partial charge in [0.05, 0.1) is 5.54 Å². The van der Waals surface area contributed by atoms with Gasteiger partial charge in [0.2, 0.25) is 0 Å². The molecular weight excluding hydrogens is 220 g/mol. The van der Waals surface area contributed by atoms with Gasteiger partial charge in [-0.1, -0.05) is 17.7 Å². The standard InChI is InChI=1S/C16H26N2/c1-12-9-13(2)15(14(3)10-12)16(4)11-17-7-6-8-18(16)5/h9-10,17H,6-8,11H2,1-5H3. The van der Waals surface area contributed by atoms with Gasteiger partial charge >= 0.3 is 0 Å². The fourth-order valence-electron chi connectivity index (χ4n) is 3.46. The van der Waals surface area contributed by atoms with Crippen LogP contribution in [0.5, 0.6) is 0 Å². The summed E-state index contributed by atoms with van der Waals surface area (Å²) >= 11 is 0. The largest absolute Gasteiger partial charge is 0.315 e. The van der Waals surface area contributed by atoms with Crippen LogP contribution in [-0.4, -0.2) is 31.6 Å². The Kier molecular flexibility index (Phi) is 3.79. The molecule has 1 atom stereocenters. The first-order valence-corrected chi connectivity index (χ1v) is 6.95. The topological polar surface area (TPSA) is 15.3 Å². The Morgan fingerprint density at radius 1 is 1.17 bits per heavy atom. The third-order valence-corrected chi connectivity index (χ3v) is 4.37. The average molecular weight is 246 g/mol. The maximum atomic E-state index is 3.59. The van der Waals surface area contributed by atoms with Gasteiger partial charge in [0.1, 0.15) is 0 Å². The lowest BCUT2D eigenvalue weighted by Crippen LogP contribution is -2.47. The molecule has 1 unspecified atom stereocenters. The summed E-state index contributed by atoms with van der Waals surface area (Å²) in [6.45, 7) is 12.4. The van der Waals surface area contributed by atoms with Crippen molar-refractivity contribution < 1.29 is 0 Å². The van der Waals surface area contributed by atoms with E-state index in [1.807, 2.05) is 0 Å². The molecule has 1 N–H and O–H groups in total. The van der Waals surface area contributed by atoms with Gasteiger partial charge in [0, 0.05) is 6.54 Å². The zero-order valence-electron chi connectivity index (χ0n) is 12.4. The Morgan fingerprint density at radius 2 is 1.78 bits per heavy atom. The van der Waals surface area contributed by atoms with Crippen molar-refractivity contribution in [3.8, 4) is 0 Å². The van der Waals surface area contributed by atoms with E-state index in [4.69, 9.17) is 0 Å². The van der Waals surface area contributed by atoms with E-state index in [-0.39, 0.29) is 5.54 Å². The second kappa shape index (κ2) is 5.02. The summed E-state index contributed by atoms with van der Waals surface area (Å²) in [5.74, 6) is 0. The summed E-state index contributed by atoms with van der Waals surface area (Å²) in [4.78, 5) is 2.51. The molecule has 1 fully saturated rings. The highest BCUT2D eigenvalue weighted by atomic mass is 15.2. The monoisotopic (exact) mass is 246 g/mol. The average Bonchev–Trinajstić information content (AvgIpc) is 2.41. The Hall–Kier alpha value is -0.860. The lowest BCUT2D eigenvalue weighted by Gasteiger charge is -2.40. The molecular formula is C16H26N2. The molecule has 0 aromatic heterocycles. The second-order valence-electron chi connectivity index (χ2n) is 6.00. The van der Waals surface area contributed by atoms with E-state index in [1.165, 1.54) is 28.7 Å². The molecule has 100 valence electrons. The molecule has 1 saturated heterocycles. The lowest BCUT2D eigenvalue weighted by molar-refractivity contribution is 0.150. The summed E-state index contributed by atoms with van der Waals surface area (Å²) < 4.78 is 0. The summed E-state index contributed by atoms with van der Waals surface area (Å²) in [5, 5.41) is 3.59. The number of nitrogens with one attached hydrogen (secondary N) is 1. The second-order valence-corrected chi connectivity index (χ2v) is 6.00. The molecule has 0 saturated carbocycles. The van der Waals surface area contributed by atoms with Crippen LogP contribution in [0.3, 0.4) is 0 Å². The Labute approximate surface area is 111 Å². The van der Waals surface area contributed by atoms with Crippen LogP contribution in [0.1, 0.15) is 35.6 Å². The molecule has 18 heavy (non-hydrogen) atoms. The maximum absolute atomic E-state index is 3.59. The van der Waals surface area contributed by atoms with Crippen LogP contribution in [0.15, 0.2) is 12.1 Å². The molecule has 0 bridgehead atoms. The van der Waals surface area contributed by atoms with Crippen LogP contribution in [-0.2, 0) is 5.54 Å². The number of benzene rings is 1. The maximum Gasteiger partial charge on any atom is 0.0560 e. The third-order valence-electron chi connectivity index (χ3n) is 4.37. The highest BCUT2D eigenvalue weighted by Gasteiger charge is 2.34. The van der Waals surface area contributed by atoms with Gasteiger partial charge in [0.15, 0.2) is 0 Å². The molecule has 0 amide bonds. The van der Waals surface area contributed by atoms with E-state index in [2.05, 4.69) is 57.1 Å². The van der Waals surface area contributed by atoms with Crippen molar-refractivity contribution in [2.75, 3.05) is 26.7 Å². The Balaban J connectivity index is 2.51. The first-order chi connectivity index (χ1) is 8.45. The predicted molar refractivity (Wildman–Crippen MR) is 78.1 cm³/mol. The van der Waals surface area contributed by atoms with E-state index in [1.54, 1.807) is 0 Å². The van der Waals surface area contributed by atoms with Gasteiger partial charge in [-0.2, -0.15) is 0 Å². The summed E-state index contributed by atoms with van der Waals surface area (Å²) in [6.07, 6.45) is 1.23. The van der Waals surface area contributed by atoms with E-state index in [0.717, 1.165) is 19.6 Å². The first-order valence-electron chi connectivity index (χ1n) is 6.95. The molecule has 2 rings (SSSR count). The number of aryl methyl sites for hydroxylation is 3. The molecule has 2 nitrogen and oxygen atoms in total. The van der Waals surface area contributed by atoms with Crippen molar-refractivity contribution in [3.05, 3.63) is 34.4 Å². The van der Waals surface area contributed by atoms with Crippen molar-refractivity contribution in [2.24, 2.45) is 0 Å². The Bertz CT molecular complexity index is 416. The number of nitrogens with zero attached hydrogens (tertiary/aromatic N) is 1. The molecule has 2 heteroatoms. The summed E-state index contributed by atoms with van der Waals surface area (Å²) in [7, 11) is 2.26. The van der Waals surface area contributed by atoms with Crippen molar-refractivity contribution in [1.29, 1.82) is 0 Å². The molecule has 1 aromatic carbocycles. The minimum atomic E-state index is 0.109. The van der Waals surface area contributed by atoms with Gasteiger partial charge in [-0.3, -0.25) is 4.90 Å². The van der Waals surface area contributed by atoms with Crippen LogP contribution in [0.4, 0.5) is 0 Å². The van der Waals surface area contributed by atoms with E-state index >= 15 is 0 Å². The number of hydrogen-bond donors (Lipinski definition) is 1. The predicted octanol–water partition coefficient (Wildman–Crippen LogP) is 2.75. The minimum absolute atomic E-state index is 0.109. The zero-order chi connectivity index (χ0) is 13.3. The van der Waals surface area contributed by atoms with Gasteiger partial charge in [-0.25, -0.2) is 0 Å². The van der Waals surface area contributed by atoms with Crippen molar-refractivity contribution in [1.82, 2.24) is 10.2 Å². The minimum Gasteiger partial charge on any atom is -0.315 e. The number of rotatable bonds is 1. The fourth-order valence-corrected chi connectivity index (χ4v) is 3.46. The number of hydrogen-bond acceptors (Lipinski definition) is 2. The quantitative estimate of drug-likeness (QED) is 0.819. The smallest absolute Gasteiger partial charge is 0.0560 e. The van der Waals surface area contributed by atoms with Gasteiger partial charge < -0.3 is 5.32 Å². The molecule has 1 aliphatic heterocycles. The van der Waals surface area contributed by atoms with Crippen molar-refractivity contribution in [3.63, 3.8) is 0 Å². The molecule has 1 aromatic rings. The molecule has 0 aliphatic carbocycles. The summed E-state index contributed by atoms with van der Waals surface area (Å²) in [6, 6.07) is 4.62. The van der Waals surface area contributed by atoms with Gasteiger partial charge in [-0.05, 0) is 70.9 Å². The first kappa shape index (κ1) is 13.6.